The van der Waals surface area contributed by atoms with Crippen molar-refractivity contribution < 1.29 is 4.79 Å². The third kappa shape index (κ3) is 2.29. The van der Waals surface area contributed by atoms with E-state index < -0.39 is 0 Å². The van der Waals surface area contributed by atoms with Gasteiger partial charge in [-0.25, -0.2) is 0 Å². The molecule has 11 heavy (non-hydrogen) atoms. The minimum atomic E-state index is 0.612. The van der Waals surface area contributed by atoms with E-state index in [4.69, 9.17) is 0 Å². The lowest BCUT2D eigenvalue weighted by Crippen LogP contribution is -2.28. The van der Waals surface area contributed by atoms with Crippen molar-refractivity contribution >= 4 is 6.29 Å². The van der Waals surface area contributed by atoms with Crippen LogP contribution in [0.15, 0.2) is 0 Å². The van der Waals surface area contributed by atoms with Gasteiger partial charge in [0.15, 0.2) is 6.29 Å². The van der Waals surface area contributed by atoms with Gasteiger partial charge >= 0.3 is 0 Å². The zero-order valence-electron chi connectivity index (χ0n) is 7.18. The van der Waals surface area contributed by atoms with Crippen molar-refractivity contribution in [3.63, 3.8) is 0 Å². The molecule has 63 valence electrons. The molecule has 1 aliphatic rings. The Kier molecular flexibility index (Phi) is 3.57. The molecule has 1 atom stereocenters. The zero-order valence-corrected chi connectivity index (χ0v) is 7.18. The first-order valence-corrected chi connectivity index (χ1v) is 4.47. The first kappa shape index (κ1) is 8.72. The van der Waals surface area contributed by atoms with Crippen LogP contribution in [0.5, 0.6) is 0 Å². The molecule has 0 spiro atoms. The van der Waals surface area contributed by atoms with Gasteiger partial charge in [0.1, 0.15) is 0 Å². The van der Waals surface area contributed by atoms with Gasteiger partial charge in [-0.1, -0.05) is 6.92 Å². The monoisotopic (exact) mass is 154 g/mol. The summed E-state index contributed by atoms with van der Waals surface area (Å²) < 4.78 is 0. The summed E-state index contributed by atoms with van der Waals surface area (Å²) in [5.41, 5.74) is 0. The highest BCUT2D eigenvalue weighted by Crippen LogP contribution is 2.19. The largest absolute Gasteiger partial charge is 0.301 e. The third-order valence-corrected chi connectivity index (χ3v) is 2.48. The fraction of sp³-hybridized carbons (Fsp3) is 0.889. The Bertz CT molecular complexity index is 125. The third-order valence-electron chi connectivity index (χ3n) is 2.48. The SMILES string of the molecule is CCN1CCCC1CC[C]=O. The molecule has 0 aromatic carbocycles. The summed E-state index contributed by atoms with van der Waals surface area (Å²) >= 11 is 0. The van der Waals surface area contributed by atoms with E-state index in [0.717, 1.165) is 13.0 Å². The summed E-state index contributed by atoms with van der Waals surface area (Å²) in [5, 5.41) is 0. The molecule has 1 fully saturated rings. The summed E-state index contributed by atoms with van der Waals surface area (Å²) in [7, 11) is 0. The Morgan fingerprint density at radius 2 is 2.45 bits per heavy atom. The number of carbonyl (C=O) groups excluding carboxylic acids is 1. The molecular formula is C9H16NO. The van der Waals surface area contributed by atoms with E-state index in [1.54, 1.807) is 0 Å². The fourth-order valence-corrected chi connectivity index (χ4v) is 1.86. The first-order chi connectivity index (χ1) is 5.38. The summed E-state index contributed by atoms with van der Waals surface area (Å²) in [5.74, 6) is 0. The molecule has 1 aliphatic heterocycles. The normalized spacial score (nSPS) is 25.7. The van der Waals surface area contributed by atoms with Crippen LogP contribution in [0.4, 0.5) is 0 Å². The second-order valence-corrected chi connectivity index (χ2v) is 3.11. The average Bonchev–Trinajstić information content (AvgIpc) is 2.47. The quantitative estimate of drug-likeness (QED) is 0.609. The highest BCUT2D eigenvalue weighted by atomic mass is 16.1. The maximum Gasteiger partial charge on any atom is 0.198 e. The van der Waals surface area contributed by atoms with E-state index in [0.29, 0.717) is 12.5 Å². The predicted molar refractivity (Wildman–Crippen MR) is 45.2 cm³/mol. The molecular weight excluding hydrogens is 138 g/mol. The summed E-state index contributed by atoms with van der Waals surface area (Å²) in [4.78, 5) is 12.5. The maximum absolute atomic E-state index is 10.0. The number of rotatable bonds is 4. The Balaban J connectivity index is 2.25. The second-order valence-electron chi connectivity index (χ2n) is 3.11. The minimum absolute atomic E-state index is 0.612. The molecule has 0 amide bonds. The predicted octanol–water partition coefficient (Wildman–Crippen LogP) is 1.36. The number of likely N-dealkylation sites (tertiary alicyclic amines) is 1. The molecule has 1 saturated heterocycles. The van der Waals surface area contributed by atoms with Crippen molar-refractivity contribution in [1.29, 1.82) is 0 Å². The van der Waals surface area contributed by atoms with Crippen molar-refractivity contribution in [3.8, 4) is 0 Å². The van der Waals surface area contributed by atoms with E-state index >= 15 is 0 Å². The van der Waals surface area contributed by atoms with E-state index in [9.17, 15) is 4.79 Å². The molecule has 1 rings (SSSR count). The van der Waals surface area contributed by atoms with Crippen LogP contribution < -0.4 is 0 Å². The highest BCUT2D eigenvalue weighted by Gasteiger charge is 2.21. The molecule has 0 aliphatic carbocycles. The van der Waals surface area contributed by atoms with Crippen LogP contribution in [0.1, 0.15) is 32.6 Å². The van der Waals surface area contributed by atoms with Crippen LogP contribution in [-0.2, 0) is 4.79 Å². The standard InChI is InChI=1S/C9H16NO/c1-2-10-7-3-5-9(10)6-4-8-11/h9H,2-7H2,1H3. The number of hydrogen-bond acceptors (Lipinski definition) is 2. The lowest BCUT2D eigenvalue weighted by Gasteiger charge is -2.21. The lowest BCUT2D eigenvalue weighted by atomic mass is 10.1. The van der Waals surface area contributed by atoms with Gasteiger partial charge in [0.05, 0.1) is 0 Å². The fourth-order valence-electron chi connectivity index (χ4n) is 1.86. The van der Waals surface area contributed by atoms with Crippen LogP contribution in [0.2, 0.25) is 0 Å². The van der Waals surface area contributed by atoms with E-state index in [1.165, 1.54) is 19.4 Å². The summed E-state index contributed by atoms with van der Waals surface area (Å²) in [6.07, 6.45) is 6.16. The van der Waals surface area contributed by atoms with Crippen molar-refractivity contribution in [2.45, 2.75) is 38.6 Å². The van der Waals surface area contributed by atoms with Crippen molar-refractivity contribution in [2.75, 3.05) is 13.1 Å². The van der Waals surface area contributed by atoms with Gasteiger partial charge in [-0.2, -0.15) is 0 Å². The Hall–Kier alpha value is -0.370. The van der Waals surface area contributed by atoms with Gasteiger partial charge in [-0.3, -0.25) is 4.79 Å². The van der Waals surface area contributed by atoms with E-state index in [2.05, 4.69) is 11.8 Å². The van der Waals surface area contributed by atoms with E-state index in [-0.39, 0.29) is 0 Å². The van der Waals surface area contributed by atoms with Gasteiger partial charge in [0, 0.05) is 12.5 Å². The van der Waals surface area contributed by atoms with Gasteiger partial charge in [-0.05, 0) is 32.4 Å². The number of hydrogen-bond donors (Lipinski definition) is 0. The summed E-state index contributed by atoms with van der Waals surface area (Å²) in [6.45, 7) is 4.53. The molecule has 1 radical (unpaired) electrons. The van der Waals surface area contributed by atoms with Gasteiger partial charge in [0.25, 0.3) is 0 Å². The Labute approximate surface area is 68.6 Å². The van der Waals surface area contributed by atoms with Gasteiger partial charge < -0.3 is 4.90 Å². The second kappa shape index (κ2) is 4.50. The van der Waals surface area contributed by atoms with Crippen LogP contribution in [0.3, 0.4) is 0 Å². The van der Waals surface area contributed by atoms with Crippen LogP contribution in [0.25, 0.3) is 0 Å². The molecule has 2 heteroatoms. The maximum atomic E-state index is 10.0. The molecule has 1 heterocycles. The molecule has 0 bridgehead atoms. The molecule has 2 nitrogen and oxygen atoms in total. The molecule has 0 aromatic rings. The van der Waals surface area contributed by atoms with Crippen molar-refractivity contribution in [3.05, 3.63) is 0 Å². The van der Waals surface area contributed by atoms with Crippen molar-refractivity contribution in [2.24, 2.45) is 0 Å². The summed E-state index contributed by atoms with van der Waals surface area (Å²) in [6, 6.07) is 0.668. The van der Waals surface area contributed by atoms with Crippen LogP contribution in [-0.4, -0.2) is 30.3 Å². The molecule has 0 N–H and O–H groups in total. The minimum Gasteiger partial charge on any atom is -0.301 e. The molecule has 1 unspecified atom stereocenters. The topological polar surface area (TPSA) is 20.3 Å². The van der Waals surface area contributed by atoms with E-state index in [1.807, 2.05) is 6.29 Å². The zero-order chi connectivity index (χ0) is 8.10. The lowest BCUT2D eigenvalue weighted by molar-refractivity contribution is 0.257. The first-order valence-electron chi connectivity index (χ1n) is 4.47. The highest BCUT2D eigenvalue weighted by molar-refractivity contribution is 5.50. The Morgan fingerprint density at radius 3 is 3.09 bits per heavy atom. The van der Waals surface area contributed by atoms with Crippen LogP contribution >= 0.6 is 0 Å². The molecule has 0 saturated carbocycles. The Morgan fingerprint density at radius 1 is 1.64 bits per heavy atom. The smallest absolute Gasteiger partial charge is 0.198 e. The molecule has 0 aromatic heterocycles. The van der Waals surface area contributed by atoms with Crippen LogP contribution in [0, 0.1) is 0 Å². The number of nitrogens with zero attached hydrogens (tertiary/aromatic N) is 1. The average molecular weight is 154 g/mol. The van der Waals surface area contributed by atoms with Crippen molar-refractivity contribution in [1.82, 2.24) is 4.90 Å². The van der Waals surface area contributed by atoms with Gasteiger partial charge in [-0.15, -0.1) is 0 Å². The van der Waals surface area contributed by atoms with Gasteiger partial charge in [0.2, 0.25) is 0 Å².